The van der Waals surface area contributed by atoms with Crippen LogP contribution in [-0.2, 0) is 4.79 Å². The molecule has 0 saturated carbocycles. The van der Waals surface area contributed by atoms with Gasteiger partial charge in [-0.05, 0) is 48.7 Å². The quantitative estimate of drug-likeness (QED) is 0.531. The van der Waals surface area contributed by atoms with Gasteiger partial charge in [0.1, 0.15) is 6.04 Å². The first kappa shape index (κ1) is 17.1. The predicted molar refractivity (Wildman–Crippen MR) is 110 cm³/mol. The lowest BCUT2D eigenvalue weighted by Crippen LogP contribution is -2.23. The van der Waals surface area contributed by atoms with Gasteiger partial charge in [0.25, 0.3) is 0 Å². The molecule has 1 atom stereocenters. The Balaban J connectivity index is 1.52. The zero-order chi connectivity index (χ0) is 18.6. The molecule has 27 heavy (non-hydrogen) atoms. The van der Waals surface area contributed by atoms with Crippen molar-refractivity contribution in [2.24, 2.45) is 0 Å². The summed E-state index contributed by atoms with van der Waals surface area (Å²) in [6, 6.07) is 19.0. The SMILES string of the molecule is C[C@@H](C(=O)Nc1cccc(C#Cc2cccs2)c1)n1cnc2ccccc21. The number of nitrogens with zero attached hydrogens (tertiary/aromatic N) is 2. The summed E-state index contributed by atoms with van der Waals surface area (Å²) >= 11 is 1.61. The Labute approximate surface area is 161 Å². The van der Waals surface area contributed by atoms with Crippen LogP contribution in [0.25, 0.3) is 11.0 Å². The van der Waals surface area contributed by atoms with Gasteiger partial charge in [-0.3, -0.25) is 4.79 Å². The number of thiophene rings is 1. The first-order chi connectivity index (χ1) is 13.2. The summed E-state index contributed by atoms with van der Waals surface area (Å²) in [5, 5.41) is 4.98. The topological polar surface area (TPSA) is 46.9 Å². The van der Waals surface area contributed by atoms with Crippen LogP contribution >= 0.6 is 11.3 Å². The molecule has 0 aliphatic heterocycles. The number of carbonyl (C=O) groups is 1. The van der Waals surface area contributed by atoms with E-state index in [1.807, 2.05) is 77.5 Å². The summed E-state index contributed by atoms with van der Waals surface area (Å²) < 4.78 is 1.88. The minimum atomic E-state index is -0.377. The van der Waals surface area contributed by atoms with Crippen LogP contribution in [0.15, 0.2) is 72.4 Å². The standard InChI is InChI=1S/C22H17N3OS/c1-16(25-15-23-20-9-2-3-10-21(20)25)22(26)24-18-7-4-6-17(14-18)11-12-19-8-5-13-27-19/h2-10,13-16H,1H3,(H,24,26)/t16-/m0/s1. The average Bonchev–Trinajstić information content (AvgIpc) is 3.36. The van der Waals surface area contributed by atoms with Crippen LogP contribution in [0.4, 0.5) is 5.69 Å². The lowest BCUT2D eigenvalue weighted by molar-refractivity contribution is -0.118. The Morgan fingerprint density at radius 1 is 1.11 bits per heavy atom. The summed E-state index contributed by atoms with van der Waals surface area (Å²) in [5.74, 6) is 6.17. The molecule has 132 valence electrons. The third kappa shape index (κ3) is 3.76. The monoisotopic (exact) mass is 371 g/mol. The highest BCUT2D eigenvalue weighted by atomic mass is 32.1. The normalized spacial score (nSPS) is 11.6. The van der Waals surface area contributed by atoms with Crippen LogP contribution in [0.5, 0.6) is 0 Å². The smallest absolute Gasteiger partial charge is 0.247 e. The predicted octanol–water partition coefficient (Wildman–Crippen LogP) is 4.70. The van der Waals surface area contributed by atoms with Crippen molar-refractivity contribution >= 4 is 34.0 Å². The number of para-hydroxylation sites is 2. The summed E-state index contributed by atoms with van der Waals surface area (Å²) in [7, 11) is 0. The van der Waals surface area contributed by atoms with Crippen LogP contribution in [-0.4, -0.2) is 15.5 Å². The molecule has 2 aromatic carbocycles. The van der Waals surface area contributed by atoms with Gasteiger partial charge < -0.3 is 9.88 Å². The second-order valence-corrected chi connectivity index (χ2v) is 7.06. The fraction of sp³-hybridized carbons (Fsp3) is 0.0909. The molecule has 1 amide bonds. The zero-order valence-corrected chi connectivity index (χ0v) is 15.5. The van der Waals surface area contributed by atoms with Gasteiger partial charge in [0, 0.05) is 11.3 Å². The third-order valence-electron chi connectivity index (χ3n) is 4.26. The average molecular weight is 371 g/mol. The van der Waals surface area contributed by atoms with E-state index in [9.17, 15) is 4.79 Å². The van der Waals surface area contributed by atoms with E-state index in [1.54, 1.807) is 17.7 Å². The molecule has 0 spiro atoms. The number of imidazole rings is 1. The number of amides is 1. The van der Waals surface area contributed by atoms with Crippen molar-refractivity contribution in [1.29, 1.82) is 0 Å². The maximum atomic E-state index is 12.7. The number of nitrogens with one attached hydrogen (secondary N) is 1. The second kappa shape index (κ2) is 7.48. The molecule has 1 N–H and O–H groups in total. The van der Waals surface area contributed by atoms with Crippen LogP contribution in [0.2, 0.25) is 0 Å². The van der Waals surface area contributed by atoms with Crippen LogP contribution in [0, 0.1) is 11.8 Å². The van der Waals surface area contributed by atoms with Gasteiger partial charge in [-0.25, -0.2) is 4.98 Å². The van der Waals surface area contributed by atoms with Gasteiger partial charge in [0.15, 0.2) is 0 Å². The van der Waals surface area contributed by atoms with E-state index < -0.39 is 0 Å². The van der Waals surface area contributed by atoms with Crippen LogP contribution in [0.3, 0.4) is 0 Å². The van der Waals surface area contributed by atoms with Gasteiger partial charge in [0.2, 0.25) is 5.91 Å². The van der Waals surface area contributed by atoms with Crippen molar-refractivity contribution in [2.75, 3.05) is 5.32 Å². The number of aromatic nitrogens is 2. The fourth-order valence-corrected chi connectivity index (χ4v) is 3.39. The van der Waals surface area contributed by atoms with Crippen molar-refractivity contribution in [3.63, 3.8) is 0 Å². The summed E-state index contributed by atoms with van der Waals surface area (Å²) in [6.45, 7) is 1.86. The number of carbonyl (C=O) groups excluding carboxylic acids is 1. The largest absolute Gasteiger partial charge is 0.324 e. The van der Waals surface area contributed by atoms with E-state index >= 15 is 0 Å². The highest BCUT2D eigenvalue weighted by Crippen LogP contribution is 2.19. The van der Waals surface area contributed by atoms with E-state index in [2.05, 4.69) is 22.1 Å². The summed E-state index contributed by atoms with van der Waals surface area (Å²) in [4.78, 5) is 18.1. The lowest BCUT2D eigenvalue weighted by atomic mass is 10.2. The number of hydrogen-bond donors (Lipinski definition) is 1. The van der Waals surface area contributed by atoms with Crippen LogP contribution in [0.1, 0.15) is 23.4 Å². The minimum Gasteiger partial charge on any atom is -0.324 e. The molecule has 0 aliphatic carbocycles. The number of benzene rings is 2. The van der Waals surface area contributed by atoms with Gasteiger partial charge in [0.05, 0.1) is 22.2 Å². The first-order valence-electron chi connectivity index (χ1n) is 8.59. The van der Waals surface area contributed by atoms with E-state index in [0.29, 0.717) is 0 Å². The Kier molecular flexibility index (Phi) is 4.73. The lowest BCUT2D eigenvalue weighted by Gasteiger charge is -2.14. The summed E-state index contributed by atoms with van der Waals surface area (Å²) in [6.07, 6.45) is 1.71. The van der Waals surface area contributed by atoms with Gasteiger partial charge in [-0.1, -0.05) is 36.1 Å². The molecule has 0 aliphatic rings. The molecule has 0 bridgehead atoms. The Bertz CT molecular complexity index is 1150. The maximum absolute atomic E-state index is 12.7. The number of hydrogen-bond acceptors (Lipinski definition) is 3. The molecule has 0 unspecified atom stereocenters. The Hall–Kier alpha value is -3.36. The molecule has 2 aromatic heterocycles. The Morgan fingerprint density at radius 2 is 2.00 bits per heavy atom. The molecule has 4 rings (SSSR count). The highest BCUT2D eigenvalue weighted by Gasteiger charge is 2.17. The molecular formula is C22H17N3OS. The number of rotatable bonds is 3. The highest BCUT2D eigenvalue weighted by molar-refractivity contribution is 7.10. The van der Waals surface area contributed by atoms with Crippen molar-refractivity contribution in [1.82, 2.24) is 9.55 Å². The molecule has 4 nitrogen and oxygen atoms in total. The van der Waals surface area contributed by atoms with Crippen molar-refractivity contribution < 1.29 is 4.79 Å². The molecule has 0 radical (unpaired) electrons. The van der Waals surface area contributed by atoms with Crippen molar-refractivity contribution in [3.05, 3.63) is 82.8 Å². The van der Waals surface area contributed by atoms with Crippen LogP contribution < -0.4 is 5.32 Å². The Morgan fingerprint density at radius 3 is 2.85 bits per heavy atom. The van der Waals surface area contributed by atoms with Gasteiger partial charge in [-0.2, -0.15) is 0 Å². The number of fused-ring (bicyclic) bond motifs is 1. The molecular weight excluding hydrogens is 354 g/mol. The third-order valence-corrected chi connectivity index (χ3v) is 5.04. The van der Waals surface area contributed by atoms with Crippen molar-refractivity contribution in [2.45, 2.75) is 13.0 Å². The minimum absolute atomic E-state index is 0.0958. The van der Waals surface area contributed by atoms with E-state index in [1.165, 1.54) is 0 Å². The second-order valence-electron chi connectivity index (χ2n) is 6.11. The molecule has 0 saturated heterocycles. The van der Waals surface area contributed by atoms with E-state index in [0.717, 1.165) is 27.2 Å². The summed E-state index contributed by atoms with van der Waals surface area (Å²) in [5.41, 5.74) is 3.41. The van der Waals surface area contributed by atoms with Gasteiger partial charge in [-0.15, -0.1) is 11.3 Å². The fourth-order valence-electron chi connectivity index (χ4n) is 2.82. The first-order valence-corrected chi connectivity index (χ1v) is 9.47. The van der Waals surface area contributed by atoms with E-state index in [-0.39, 0.29) is 11.9 Å². The maximum Gasteiger partial charge on any atom is 0.247 e. The molecule has 5 heteroatoms. The molecule has 2 heterocycles. The molecule has 0 fully saturated rings. The zero-order valence-electron chi connectivity index (χ0n) is 14.7. The van der Waals surface area contributed by atoms with Crippen molar-refractivity contribution in [3.8, 4) is 11.8 Å². The van der Waals surface area contributed by atoms with Gasteiger partial charge >= 0.3 is 0 Å². The molecule has 4 aromatic rings. The van der Waals surface area contributed by atoms with E-state index in [4.69, 9.17) is 0 Å². The number of anilines is 1.